The largest absolute Gasteiger partial charge is 1.00 e. The smallest absolute Gasteiger partial charge is 0.872 e. The van der Waals surface area contributed by atoms with E-state index in [9.17, 15) is 15.0 Å². The Balaban J connectivity index is 0.00000112. The quantitative estimate of drug-likeness (QED) is 0.482. The molecule has 0 amide bonds. The third-order valence-corrected chi connectivity index (χ3v) is 2.06. The summed E-state index contributed by atoms with van der Waals surface area (Å²) in [6.07, 6.45) is 0. The van der Waals surface area contributed by atoms with E-state index in [0.717, 1.165) is 6.07 Å². The van der Waals surface area contributed by atoms with Gasteiger partial charge in [-0.3, -0.25) is 0 Å². The molecule has 5 heteroatoms. The van der Waals surface area contributed by atoms with E-state index in [1.165, 1.54) is 6.07 Å². The first-order valence-electron chi connectivity index (χ1n) is 4.09. The summed E-state index contributed by atoms with van der Waals surface area (Å²) in [5, 5.41) is 23.1. The molecule has 0 fully saturated rings. The van der Waals surface area contributed by atoms with Crippen molar-refractivity contribution in [1.29, 1.82) is 0 Å². The molecule has 0 aliphatic carbocycles. The van der Waals surface area contributed by atoms with Gasteiger partial charge in [-0.1, -0.05) is 30.3 Å². The summed E-state index contributed by atoms with van der Waals surface area (Å²) in [6, 6.07) is 9.37. The summed E-state index contributed by atoms with van der Waals surface area (Å²) in [6.45, 7) is 0. The van der Waals surface area contributed by atoms with Crippen LogP contribution in [-0.4, -0.2) is 5.97 Å². The van der Waals surface area contributed by atoms with Crippen molar-refractivity contribution in [2.75, 3.05) is 0 Å². The van der Waals surface area contributed by atoms with Gasteiger partial charge in [0.15, 0.2) is 0 Å². The van der Waals surface area contributed by atoms with Gasteiger partial charge in [-0.2, -0.15) is 0 Å². The first kappa shape index (κ1) is 17.2. The average Bonchev–Trinajstić information content (AvgIpc) is 2.17. The van der Waals surface area contributed by atoms with Crippen molar-refractivity contribution in [3.63, 3.8) is 0 Å². The minimum Gasteiger partial charge on any atom is -0.872 e. The van der Waals surface area contributed by atoms with Gasteiger partial charge in [0, 0.05) is 0 Å². The minimum absolute atomic E-state index is 0. The maximum Gasteiger partial charge on any atom is 1.00 e. The van der Waals surface area contributed by atoms with E-state index in [1.807, 2.05) is 0 Å². The van der Waals surface area contributed by atoms with E-state index in [-0.39, 0.29) is 114 Å². The van der Waals surface area contributed by atoms with Crippen molar-refractivity contribution in [3.8, 4) is 5.75 Å². The Morgan fingerprint density at radius 1 is 1.06 bits per heavy atom. The number of carbonyl (C=O) groups is 1. The predicted molar refractivity (Wildman–Crippen MR) is 47.7 cm³/mol. The van der Waals surface area contributed by atoms with Gasteiger partial charge in [0.2, 0.25) is 0 Å². The first-order valence-corrected chi connectivity index (χ1v) is 4.09. The van der Waals surface area contributed by atoms with E-state index in [2.05, 4.69) is 0 Å². The minimum atomic E-state index is -1.33. The number of aromatic carboxylic acids is 1. The van der Waals surface area contributed by atoms with E-state index in [0.29, 0.717) is 10.8 Å². The number of carbonyl (C=O) groups excluding carboxylic acids is 1. The summed E-state index contributed by atoms with van der Waals surface area (Å²) < 4.78 is 0. The fourth-order valence-electron chi connectivity index (χ4n) is 1.39. The van der Waals surface area contributed by atoms with E-state index >= 15 is 0 Å². The monoisotopic (exact) mass is 264 g/mol. The maximum atomic E-state index is 11.4. The van der Waals surface area contributed by atoms with Crippen LogP contribution in [0.5, 0.6) is 5.75 Å². The summed E-state index contributed by atoms with van der Waals surface area (Å²) in [7, 11) is 0. The number of benzene rings is 2. The zero-order valence-corrected chi connectivity index (χ0v) is 15.4. The SMILES string of the molecule is O=C([O-])c1cc([O-])c2ccccc2c1.[K+].[K+]. The molecule has 0 aliphatic heterocycles. The molecule has 3 nitrogen and oxygen atoms in total. The molecular formula is C11H6K2O3. The van der Waals surface area contributed by atoms with Crippen LogP contribution in [0, 0.1) is 0 Å². The number of carboxylic acid groups (broad SMARTS) is 1. The molecule has 0 bridgehead atoms. The van der Waals surface area contributed by atoms with Crippen LogP contribution in [0.25, 0.3) is 10.8 Å². The molecule has 0 N–H and O–H groups in total. The molecule has 0 unspecified atom stereocenters. The topological polar surface area (TPSA) is 63.2 Å². The van der Waals surface area contributed by atoms with Crippen molar-refractivity contribution in [2.24, 2.45) is 0 Å². The van der Waals surface area contributed by atoms with E-state index in [4.69, 9.17) is 0 Å². The molecule has 0 saturated heterocycles. The van der Waals surface area contributed by atoms with Gasteiger partial charge in [0.25, 0.3) is 0 Å². The fraction of sp³-hybridized carbons (Fsp3) is 0. The van der Waals surface area contributed by atoms with Crippen molar-refractivity contribution in [1.82, 2.24) is 0 Å². The Morgan fingerprint density at radius 2 is 1.69 bits per heavy atom. The van der Waals surface area contributed by atoms with Crippen molar-refractivity contribution in [3.05, 3.63) is 42.0 Å². The van der Waals surface area contributed by atoms with Gasteiger partial charge >= 0.3 is 103 Å². The average molecular weight is 264 g/mol. The standard InChI is InChI=1S/C11H8O3.2K/c12-10-6-8(11(13)14)5-7-3-1-2-4-9(7)10;;/h1-6,12H,(H,13,14);;/q;2*+1/p-2. The first-order chi connectivity index (χ1) is 6.68. The Kier molecular flexibility index (Phi) is 8.22. The van der Waals surface area contributed by atoms with Crippen LogP contribution >= 0.6 is 0 Å². The molecule has 70 valence electrons. The molecule has 16 heavy (non-hydrogen) atoms. The molecule has 0 spiro atoms. The number of hydrogen-bond acceptors (Lipinski definition) is 3. The van der Waals surface area contributed by atoms with Crippen LogP contribution < -0.4 is 113 Å². The zero-order chi connectivity index (χ0) is 10.1. The second-order valence-corrected chi connectivity index (χ2v) is 2.98. The molecule has 0 aromatic heterocycles. The normalized spacial score (nSPS) is 9.00. The zero-order valence-electron chi connectivity index (χ0n) is 9.19. The second kappa shape index (κ2) is 7.63. The molecule has 0 radical (unpaired) electrons. The third kappa shape index (κ3) is 3.88. The summed E-state index contributed by atoms with van der Waals surface area (Å²) >= 11 is 0. The molecule has 0 aliphatic rings. The second-order valence-electron chi connectivity index (χ2n) is 2.98. The van der Waals surface area contributed by atoms with Crippen molar-refractivity contribution < 1.29 is 118 Å². The maximum absolute atomic E-state index is 11.4. The van der Waals surface area contributed by atoms with E-state index in [1.54, 1.807) is 24.3 Å². The van der Waals surface area contributed by atoms with Crippen LogP contribution in [-0.2, 0) is 0 Å². The molecular weight excluding hydrogens is 258 g/mol. The molecule has 2 rings (SSSR count). The van der Waals surface area contributed by atoms with Crippen molar-refractivity contribution in [2.45, 2.75) is 0 Å². The Labute approximate surface area is 178 Å². The van der Waals surface area contributed by atoms with Gasteiger partial charge in [-0.05, 0) is 22.4 Å². The molecule has 0 saturated carbocycles. The predicted octanol–water partition coefficient (Wildman–Crippen LogP) is -5.72. The number of fused-ring (bicyclic) bond motifs is 1. The van der Waals surface area contributed by atoms with Gasteiger partial charge < -0.3 is 15.0 Å². The van der Waals surface area contributed by atoms with Crippen LogP contribution in [0.15, 0.2) is 36.4 Å². The number of rotatable bonds is 1. The Hall–Kier alpha value is 1.24. The summed E-state index contributed by atoms with van der Waals surface area (Å²) in [5.41, 5.74) is -0.0753. The fourth-order valence-corrected chi connectivity index (χ4v) is 1.39. The molecule has 0 heterocycles. The summed E-state index contributed by atoms with van der Waals surface area (Å²) in [5.74, 6) is -1.62. The molecule has 2 aromatic rings. The van der Waals surface area contributed by atoms with Crippen LogP contribution in [0.4, 0.5) is 0 Å². The summed E-state index contributed by atoms with van der Waals surface area (Å²) in [4.78, 5) is 10.5. The van der Waals surface area contributed by atoms with Crippen LogP contribution in [0.1, 0.15) is 10.4 Å². The van der Waals surface area contributed by atoms with Gasteiger partial charge in [0.05, 0.1) is 5.97 Å². The van der Waals surface area contributed by atoms with Gasteiger partial charge in [-0.15, -0.1) is 5.75 Å². The van der Waals surface area contributed by atoms with Crippen LogP contribution in [0.3, 0.4) is 0 Å². The van der Waals surface area contributed by atoms with Gasteiger partial charge in [-0.25, -0.2) is 0 Å². The van der Waals surface area contributed by atoms with Crippen molar-refractivity contribution >= 4 is 16.7 Å². The third-order valence-electron chi connectivity index (χ3n) is 2.06. The molecule has 2 aromatic carbocycles. The molecule has 0 atom stereocenters. The van der Waals surface area contributed by atoms with Crippen LogP contribution in [0.2, 0.25) is 0 Å². The Morgan fingerprint density at radius 3 is 2.31 bits per heavy atom. The number of hydrogen-bond donors (Lipinski definition) is 0. The number of carboxylic acids is 1. The van der Waals surface area contributed by atoms with E-state index < -0.39 is 5.97 Å². The Bertz CT molecular complexity index is 512. The van der Waals surface area contributed by atoms with Gasteiger partial charge in [0.1, 0.15) is 0 Å².